The van der Waals surface area contributed by atoms with E-state index >= 15 is 0 Å². The van der Waals surface area contributed by atoms with Crippen molar-refractivity contribution in [1.82, 2.24) is 0 Å². The first-order valence-electron chi connectivity index (χ1n) is 10.4. The van der Waals surface area contributed by atoms with Crippen LogP contribution < -0.4 is 24.3 Å². The lowest BCUT2D eigenvalue weighted by molar-refractivity contribution is 0.104. The maximum absolute atomic E-state index is 13.0. The molecule has 0 radical (unpaired) electrons. The smallest absolute Gasteiger partial charge is 0.203 e. The van der Waals surface area contributed by atoms with Crippen LogP contribution in [0.1, 0.15) is 21.5 Å². The van der Waals surface area contributed by atoms with Crippen LogP contribution in [0.3, 0.4) is 0 Å². The molecule has 0 fully saturated rings. The number of hydrogen-bond acceptors (Lipinski definition) is 6. The van der Waals surface area contributed by atoms with Gasteiger partial charge in [0.05, 0.1) is 34.1 Å². The first-order chi connectivity index (χ1) is 16.5. The van der Waals surface area contributed by atoms with Crippen LogP contribution >= 0.6 is 0 Å². The molecular formula is C27H26FNO5. The number of nitrogens with one attached hydrogen (secondary N) is 1. The van der Waals surface area contributed by atoms with Crippen LogP contribution in [0.2, 0.25) is 0 Å². The number of anilines is 1. The summed E-state index contributed by atoms with van der Waals surface area (Å²) in [6.45, 7) is 0. The largest absolute Gasteiger partial charge is 0.495 e. The first kappa shape index (κ1) is 24.4. The van der Waals surface area contributed by atoms with E-state index in [1.807, 2.05) is 42.5 Å². The minimum atomic E-state index is -0.389. The molecule has 0 saturated carbocycles. The van der Waals surface area contributed by atoms with Crippen molar-refractivity contribution in [3.63, 3.8) is 0 Å². The molecule has 7 heteroatoms. The number of allylic oxidation sites excluding steroid dienone is 1. The number of benzene rings is 3. The Kier molecular flexibility index (Phi) is 8.29. The molecule has 0 atom stereocenters. The van der Waals surface area contributed by atoms with Gasteiger partial charge >= 0.3 is 0 Å². The zero-order valence-corrected chi connectivity index (χ0v) is 19.4. The van der Waals surface area contributed by atoms with Crippen molar-refractivity contribution in [2.24, 2.45) is 0 Å². The third-order valence-electron chi connectivity index (χ3n) is 4.98. The van der Waals surface area contributed by atoms with Crippen molar-refractivity contribution in [2.75, 3.05) is 33.8 Å². The molecule has 0 bridgehead atoms. The van der Waals surface area contributed by atoms with Gasteiger partial charge in [0, 0.05) is 17.8 Å². The third-order valence-corrected chi connectivity index (χ3v) is 4.98. The second kappa shape index (κ2) is 11.6. The Morgan fingerprint density at radius 1 is 0.765 bits per heavy atom. The summed E-state index contributed by atoms with van der Waals surface area (Å²) in [5.41, 5.74) is 2.84. The standard InChI is InChI=1S/C27H26FNO5/c1-31-24-12-7-18(5-6-19-16-25(32-2)27(34-4)26(17-19)33-3)15-22(24)29-14-13-23(30)20-8-10-21(28)11-9-20/h5-17,29H,1-4H3. The molecule has 34 heavy (non-hydrogen) atoms. The summed E-state index contributed by atoms with van der Waals surface area (Å²) in [6, 6.07) is 14.7. The Morgan fingerprint density at radius 2 is 1.38 bits per heavy atom. The number of carbonyl (C=O) groups excluding carboxylic acids is 1. The normalized spacial score (nSPS) is 11.0. The average molecular weight is 464 g/mol. The van der Waals surface area contributed by atoms with E-state index in [1.165, 1.54) is 36.5 Å². The number of ether oxygens (including phenoxy) is 4. The second-order valence-corrected chi connectivity index (χ2v) is 7.10. The van der Waals surface area contributed by atoms with Crippen LogP contribution in [0, 0.1) is 5.82 Å². The minimum absolute atomic E-state index is 0.245. The van der Waals surface area contributed by atoms with Gasteiger partial charge < -0.3 is 24.3 Å². The van der Waals surface area contributed by atoms with Gasteiger partial charge in [0.15, 0.2) is 17.3 Å². The van der Waals surface area contributed by atoms with Gasteiger partial charge in [0.2, 0.25) is 5.75 Å². The highest BCUT2D eigenvalue weighted by atomic mass is 19.1. The van der Waals surface area contributed by atoms with Gasteiger partial charge in [-0.1, -0.05) is 18.2 Å². The van der Waals surface area contributed by atoms with E-state index in [4.69, 9.17) is 18.9 Å². The topological polar surface area (TPSA) is 66.0 Å². The SMILES string of the molecule is COc1ccc(C=Cc2cc(OC)c(OC)c(OC)c2)cc1NC=CC(=O)c1ccc(F)cc1. The molecule has 176 valence electrons. The van der Waals surface area contributed by atoms with E-state index in [-0.39, 0.29) is 11.6 Å². The molecule has 0 aliphatic carbocycles. The van der Waals surface area contributed by atoms with Gasteiger partial charge in [-0.15, -0.1) is 0 Å². The Hall–Kier alpha value is -4.26. The summed E-state index contributed by atoms with van der Waals surface area (Å²) in [7, 11) is 6.27. The Balaban J connectivity index is 1.79. The number of methoxy groups -OCH3 is 4. The molecule has 0 aliphatic rings. The van der Waals surface area contributed by atoms with Crippen molar-refractivity contribution in [2.45, 2.75) is 0 Å². The molecule has 3 aromatic carbocycles. The van der Waals surface area contributed by atoms with Crippen molar-refractivity contribution in [3.05, 3.63) is 89.4 Å². The molecule has 0 spiro atoms. The summed E-state index contributed by atoms with van der Waals surface area (Å²) in [5.74, 6) is 1.64. The first-order valence-corrected chi connectivity index (χ1v) is 10.4. The number of halogens is 1. The molecule has 0 amide bonds. The lowest BCUT2D eigenvalue weighted by Crippen LogP contribution is -1.98. The van der Waals surface area contributed by atoms with Crippen molar-refractivity contribution in [1.29, 1.82) is 0 Å². The van der Waals surface area contributed by atoms with Crippen LogP contribution in [0.4, 0.5) is 10.1 Å². The van der Waals surface area contributed by atoms with Gasteiger partial charge in [-0.25, -0.2) is 4.39 Å². The van der Waals surface area contributed by atoms with Crippen LogP contribution in [0.5, 0.6) is 23.0 Å². The molecule has 0 saturated heterocycles. The van der Waals surface area contributed by atoms with Gasteiger partial charge in [0.25, 0.3) is 0 Å². The lowest BCUT2D eigenvalue weighted by atomic mass is 10.1. The van der Waals surface area contributed by atoms with Crippen LogP contribution in [-0.2, 0) is 0 Å². The van der Waals surface area contributed by atoms with Gasteiger partial charge in [-0.3, -0.25) is 4.79 Å². The Bertz CT molecular complexity index is 1180. The molecular weight excluding hydrogens is 437 g/mol. The molecule has 0 heterocycles. The highest BCUT2D eigenvalue weighted by Crippen LogP contribution is 2.38. The quantitative estimate of drug-likeness (QED) is 0.232. The summed E-state index contributed by atoms with van der Waals surface area (Å²) < 4.78 is 34.6. The van der Waals surface area contributed by atoms with E-state index in [9.17, 15) is 9.18 Å². The predicted molar refractivity (Wildman–Crippen MR) is 132 cm³/mol. The van der Waals surface area contributed by atoms with Crippen LogP contribution in [0.25, 0.3) is 12.2 Å². The van der Waals surface area contributed by atoms with Gasteiger partial charge in [0.1, 0.15) is 11.6 Å². The summed E-state index contributed by atoms with van der Waals surface area (Å²) >= 11 is 0. The van der Waals surface area contributed by atoms with E-state index in [1.54, 1.807) is 28.4 Å². The zero-order chi connectivity index (χ0) is 24.5. The fourth-order valence-corrected chi connectivity index (χ4v) is 3.25. The van der Waals surface area contributed by atoms with E-state index in [0.29, 0.717) is 34.2 Å². The maximum atomic E-state index is 13.0. The van der Waals surface area contributed by atoms with Gasteiger partial charge in [-0.2, -0.15) is 0 Å². The summed E-state index contributed by atoms with van der Waals surface area (Å²) in [6.07, 6.45) is 6.75. The number of hydrogen-bond donors (Lipinski definition) is 1. The molecule has 6 nitrogen and oxygen atoms in total. The Morgan fingerprint density at radius 3 is 1.97 bits per heavy atom. The van der Waals surface area contributed by atoms with Crippen molar-refractivity contribution < 1.29 is 28.1 Å². The van der Waals surface area contributed by atoms with Gasteiger partial charge in [-0.05, 0) is 59.7 Å². The van der Waals surface area contributed by atoms with Crippen molar-refractivity contribution in [3.8, 4) is 23.0 Å². The number of ketones is 1. The highest BCUT2D eigenvalue weighted by Gasteiger charge is 2.12. The summed E-state index contributed by atoms with van der Waals surface area (Å²) in [5, 5.41) is 3.08. The molecule has 0 unspecified atom stereocenters. The van der Waals surface area contributed by atoms with Crippen LogP contribution in [-0.4, -0.2) is 34.2 Å². The van der Waals surface area contributed by atoms with E-state index in [2.05, 4.69) is 5.32 Å². The third kappa shape index (κ3) is 5.95. The van der Waals surface area contributed by atoms with Crippen LogP contribution in [0.15, 0.2) is 66.9 Å². The number of carbonyl (C=O) groups is 1. The summed E-state index contributed by atoms with van der Waals surface area (Å²) in [4.78, 5) is 12.3. The molecule has 3 rings (SSSR count). The minimum Gasteiger partial charge on any atom is -0.495 e. The Labute approximate surface area is 198 Å². The highest BCUT2D eigenvalue weighted by molar-refractivity contribution is 6.04. The second-order valence-electron chi connectivity index (χ2n) is 7.10. The molecule has 1 N–H and O–H groups in total. The van der Waals surface area contributed by atoms with E-state index < -0.39 is 0 Å². The fourth-order valence-electron chi connectivity index (χ4n) is 3.25. The zero-order valence-electron chi connectivity index (χ0n) is 19.4. The lowest BCUT2D eigenvalue weighted by Gasteiger charge is -2.13. The average Bonchev–Trinajstić information content (AvgIpc) is 2.87. The fraction of sp³-hybridized carbons (Fsp3) is 0.148. The molecule has 0 aromatic heterocycles. The van der Waals surface area contributed by atoms with E-state index in [0.717, 1.165) is 11.1 Å². The molecule has 3 aromatic rings. The number of rotatable bonds is 10. The predicted octanol–water partition coefficient (Wildman–Crippen LogP) is 5.84. The molecule has 0 aliphatic heterocycles. The maximum Gasteiger partial charge on any atom is 0.203 e. The monoisotopic (exact) mass is 463 g/mol. The van der Waals surface area contributed by atoms with Crippen molar-refractivity contribution >= 4 is 23.6 Å².